The van der Waals surface area contributed by atoms with Gasteiger partial charge >= 0.3 is 66.5 Å². The molecule has 348 valence electrons. The largest absolute Gasteiger partial charge is 2.00 e. The van der Waals surface area contributed by atoms with Crippen molar-refractivity contribution in [1.29, 1.82) is 5.26 Å². The molecule has 29 nitrogen and oxygen atoms in total. The maximum Gasteiger partial charge on any atom is 2.00 e. The number of pyridine rings is 2. The molecule has 0 aliphatic rings. The number of hydrogen-bond acceptors (Lipinski definition) is 29. The second-order valence-corrected chi connectivity index (χ2v) is 12.7. The number of aromatic nitrogens is 4. The Morgan fingerprint density at radius 3 is 1.16 bits per heavy atom. The van der Waals surface area contributed by atoms with Crippen LogP contribution in [0.5, 0.6) is 0 Å². The zero-order valence-corrected chi connectivity index (χ0v) is 43.7. The molecule has 0 aliphatic carbocycles. The Morgan fingerprint density at radius 2 is 0.906 bits per heavy atom. The number of hydrazone groups is 2. The molecular weight excluding hydrogens is 1350 g/mol. The van der Waals surface area contributed by atoms with Gasteiger partial charge in [-0.3, -0.25) is 10.0 Å². The Bertz CT molecular complexity index is 1760. The monoisotopic (exact) mass is 1380 g/mol. The Balaban J connectivity index is -0.000000382. The van der Waals surface area contributed by atoms with E-state index >= 15 is 0 Å². The standard InChI is InChI=1S/C27H28N8O4.C2H3N.4ClHO4.2Pb/c1-6-26(36)38-17-22-12-8-10-20(32-22)15-28-34(4)24-14-25(31-19(3)30-24)35(5)29-16-21-11-9-13-23(33-21)18-39-27(37)7-2;1-2-3;4*2-1(3,4)5;;/h6-16H,1-2,17-18H2,3-5H3;1H3;4*(H,2,3,4,5);;/q;;;;;;2*+2/p-4/b28-15+,29-16+;;;;;;;. The molecule has 0 unspecified atom stereocenters. The van der Waals surface area contributed by atoms with Crippen molar-refractivity contribution in [3.63, 3.8) is 0 Å². The number of carbonyl (C=O) groups excluding carboxylic acids is 2. The van der Waals surface area contributed by atoms with Gasteiger partial charge in [0.25, 0.3) is 0 Å². The molecule has 0 aromatic carbocycles. The van der Waals surface area contributed by atoms with E-state index in [9.17, 15) is 9.59 Å². The smallest absolute Gasteiger partial charge is 0.456 e. The van der Waals surface area contributed by atoms with E-state index in [0.717, 1.165) is 12.2 Å². The fourth-order valence-electron chi connectivity index (χ4n) is 2.99. The fraction of sp³-hybridized carbons (Fsp3) is 0.207. The van der Waals surface area contributed by atoms with Crippen LogP contribution in [0.1, 0.15) is 35.5 Å². The zero-order chi connectivity index (χ0) is 48.9. The number of anilines is 2. The van der Waals surface area contributed by atoms with Crippen LogP contribution in [-0.4, -0.2) is 113 Å². The number of ether oxygens (including phenoxy) is 2. The predicted molar refractivity (Wildman–Crippen MR) is 170 cm³/mol. The Kier molecular flexibility index (Phi) is 39.0. The summed E-state index contributed by atoms with van der Waals surface area (Å²) in [5.74, 6) is 0.569. The summed E-state index contributed by atoms with van der Waals surface area (Å²) in [6.45, 7) is 10.0. The molecule has 35 heteroatoms. The van der Waals surface area contributed by atoms with E-state index in [1.165, 1.54) is 6.92 Å². The zero-order valence-electron chi connectivity index (χ0n) is 32.9. The van der Waals surface area contributed by atoms with E-state index in [2.05, 4.69) is 43.3 Å². The predicted octanol–water partition coefficient (Wildman–Crippen LogP) is -16.3. The molecule has 64 heavy (non-hydrogen) atoms. The first kappa shape index (κ1) is 69.6. The van der Waals surface area contributed by atoms with Crippen LogP contribution in [-0.2, 0) is 32.3 Å². The van der Waals surface area contributed by atoms with Gasteiger partial charge in [-0.25, -0.2) is 104 Å². The third kappa shape index (κ3) is 52.9. The van der Waals surface area contributed by atoms with Crippen molar-refractivity contribution in [1.82, 2.24) is 19.9 Å². The van der Waals surface area contributed by atoms with Gasteiger partial charge in [-0.15, -0.1) is 41.0 Å². The Labute approximate surface area is 411 Å². The van der Waals surface area contributed by atoms with Crippen LogP contribution < -0.4 is 84.6 Å². The minimum Gasteiger partial charge on any atom is -0.456 e. The maximum absolute atomic E-state index is 11.3. The first-order valence-electron chi connectivity index (χ1n) is 14.9. The van der Waals surface area contributed by atoms with E-state index in [-0.39, 0.29) is 67.8 Å². The summed E-state index contributed by atoms with van der Waals surface area (Å²) in [6.07, 6.45) is 5.34. The second kappa shape index (κ2) is 35.8. The molecule has 3 rings (SSSR count). The maximum atomic E-state index is 11.3. The summed E-state index contributed by atoms with van der Waals surface area (Å²) in [7, 11) is -16.3. The van der Waals surface area contributed by atoms with Crippen molar-refractivity contribution in [2.75, 3.05) is 24.1 Å². The van der Waals surface area contributed by atoms with Gasteiger partial charge in [0, 0.05) is 39.2 Å². The number of aryl methyl sites for hydroxylation is 1. The molecule has 0 N–H and O–H groups in total. The molecule has 0 atom stereocenters. The molecule has 0 aliphatic heterocycles. The van der Waals surface area contributed by atoms with E-state index in [0.29, 0.717) is 40.2 Å². The first-order chi connectivity index (χ1) is 28.2. The van der Waals surface area contributed by atoms with Gasteiger partial charge in [0.15, 0.2) is 11.6 Å². The van der Waals surface area contributed by atoms with E-state index < -0.39 is 52.9 Å². The molecule has 3 aromatic heterocycles. The molecular formula is C29H31Cl4N9O20Pb2. The van der Waals surface area contributed by atoms with Gasteiger partial charge in [-0.2, -0.15) is 15.5 Å². The van der Waals surface area contributed by atoms with Gasteiger partial charge in [-0.1, -0.05) is 25.3 Å². The van der Waals surface area contributed by atoms with Gasteiger partial charge in [0.2, 0.25) is 0 Å². The van der Waals surface area contributed by atoms with Crippen molar-refractivity contribution in [3.05, 3.63) is 96.4 Å². The van der Waals surface area contributed by atoms with Gasteiger partial charge in [0.05, 0.1) is 41.3 Å². The van der Waals surface area contributed by atoms with Crippen LogP contribution in [0.4, 0.5) is 11.6 Å². The van der Waals surface area contributed by atoms with Crippen molar-refractivity contribution in [2.24, 2.45) is 10.2 Å². The summed E-state index contributed by atoms with van der Waals surface area (Å²) < 4.78 is 146. The van der Waals surface area contributed by atoms with Crippen LogP contribution in [0.25, 0.3) is 0 Å². The molecule has 0 bridgehead atoms. The first-order valence-corrected chi connectivity index (χ1v) is 19.8. The van der Waals surface area contributed by atoms with Crippen LogP contribution >= 0.6 is 0 Å². The third-order valence-corrected chi connectivity index (χ3v) is 4.92. The van der Waals surface area contributed by atoms with Gasteiger partial charge in [-0.05, 0) is 31.2 Å². The number of esters is 2. The molecule has 3 aromatic rings. The van der Waals surface area contributed by atoms with E-state index in [1.807, 2.05) is 0 Å². The Hall–Kier alpha value is -3.41. The summed E-state index contributed by atoms with van der Waals surface area (Å²) in [5, 5.41) is 19.3. The van der Waals surface area contributed by atoms with Crippen molar-refractivity contribution in [3.8, 4) is 6.07 Å². The van der Waals surface area contributed by atoms with Crippen LogP contribution in [0.15, 0.2) is 78.0 Å². The normalized spacial score (nSPS) is 10.5. The summed E-state index contributed by atoms with van der Waals surface area (Å²) in [6, 6.07) is 14.1. The molecule has 3 heterocycles. The fourth-order valence-corrected chi connectivity index (χ4v) is 2.99. The average molecular weight is 1380 g/mol. The van der Waals surface area contributed by atoms with Crippen molar-refractivity contribution < 1.29 is 135 Å². The number of hydrogen-bond donors (Lipinski definition) is 0. The van der Waals surface area contributed by atoms with Crippen LogP contribution in [0.2, 0.25) is 0 Å². The average Bonchev–Trinajstić information content (AvgIpc) is 3.11. The summed E-state index contributed by atoms with van der Waals surface area (Å²) in [4.78, 5) is 40.3. The quantitative estimate of drug-likeness (QED) is 0.0534. The number of nitrogens with zero attached hydrogens (tertiary/aromatic N) is 9. The topological polar surface area (TPSA) is 528 Å². The Morgan fingerprint density at radius 1 is 0.641 bits per heavy atom. The van der Waals surface area contributed by atoms with Crippen molar-refractivity contribution >= 4 is 90.6 Å². The molecule has 0 fully saturated rings. The molecule has 0 spiro atoms. The van der Waals surface area contributed by atoms with E-state index in [4.69, 9.17) is 89.3 Å². The molecule has 0 amide bonds. The number of carbonyl (C=O) groups is 2. The number of halogens is 4. The third-order valence-electron chi connectivity index (χ3n) is 4.92. The summed E-state index contributed by atoms with van der Waals surface area (Å²) in [5.41, 5.74) is 2.31. The van der Waals surface area contributed by atoms with E-state index in [1.54, 1.807) is 92.0 Å². The SMILES string of the molecule is C=CC(=O)OCc1cccc(/C=N/N(C)c2cc(N(C)/N=C/c3cccc(COC(=O)C=C)n3)nc(C)n2)n1.CC#N.[O-][Cl+3]([O-])([O-])[O-].[O-][Cl+3]([O-])([O-])[O-].[O-][Cl+3]([O-])([O-])[O-].[O-][Cl+3]([O-])([O-])[O-].[Pb+2].[Pb+2]. The number of nitriles is 1. The summed E-state index contributed by atoms with van der Waals surface area (Å²) >= 11 is 0. The number of rotatable bonds is 12. The second-order valence-electron chi connectivity index (χ2n) is 9.63. The van der Waals surface area contributed by atoms with Gasteiger partial charge < -0.3 is 9.47 Å². The minimum absolute atomic E-state index is 0. The van der Waals surface area contributed by atoms with Gasteiger partial charge in [0.1, 0.15) is 19.0 Å². The minimum atomic E-state index is -4.94. The van der Waals surface area contributed by atoms with Crippen molar-refractivity contribution in [2.45, 2.75) is 27.1 Å². The molecule has 4 radical (unpaired) electrons. The van der Waals surface area contributed by atoms with Crippen LogP contribution in [0.3, 0.4) is 0 Å². The van der Waals surface area contributed by atoms with Crippen LogP contribution in [0, 0.1) is 59.2 Å². The molecule has 0 saturated heterocycles. The molecule has 0 saturated carbocycles.